The molecular weight excluding hydrogens is 379 g/mol. The number of fused-ring (bicyclic) bond motifs is 1. The van der Waals surface area contributed by atoms with E-state index in [2.05, 4.69) is 10.4 Å². The molecule has 0 radical (unpaired) electrons. The summed E-state index contributed by atoms with van der Waals surface area (Å²) in [5.74, 6) is 1.34. The van der Waals surface area contributed by atoms with Gasteiger partial charge >= 0.3 is 6.18 Å². The highest BCUT2D eigenvalue weighted by Crippen LogP contribution is 2.39. The maximum atomic E-state index is 13.1. The lowest BCUT2D eigenvalue weighted by atomic mass is 10.1. The van der Waals surface area contributed by atoms with Crippen molar-refractivity contribution in [3.63, 3.8) is 0 Å². The molecule has 0 aliphatic carbocycles. The first-order chi connectivity index (χ1) is 12.9. The molecule has 4 nitrogen and oxygen atoms in total. The van der Waals surface area contributed by atoms with Crippen molar-refractivity contribution in [2.45, 2.75) is 12.6 Å². The Kier molecular flexibility index (Phi) is 4.26. The van der Waals surface area contributed by atoms with Crippen LogP contribution >= 0.6 is 11.6 Å². The minimum atomic E-state index is -4.46. The Morgan fingerprint density at radius 1 is 1.19 bits per heavy atom. The van der Waals surface area contributed by atoms with E-state index in [1.54, 1.807) is 7.11 Å². The highest BCUT2D eigenvalue weighted by Gasteiger charge is 2.32. The zero-order valence-electron chi connectivity index (χ0n) is 14.3. The van der Waals surface area contributed by atoms with E-state index in [9.17, 15) is 13.2 Å². The van der Waals surface area contributed by atoms with Crippen molar-refractivity contribution in [2.24, 2.45) is 0 Å². The van der Waals surface area contributed by atoms with Gasteiger partial charge in [0, 0.05) is 17.7 Å². The van der Waals surface area contributed by atoms with Gasteiger partial charge in [0.25, 0.3) is 0 Å². The molecule has 1 aromatic heterocycles. The normalized spacial score (nSPS) is 13.4. The van der Waals surface area contributed by atoms with Gasteiger partial charge in [0.05, 0.1) is 29.1 Å². The lowest BCUT2D eigenvalue weighted by Gasteiger charge is -2.12. The number of methoxy groups -OCH3 is 1. The predicted octanol–water partition coefficient (Wildman–Crippen LogP) is 5.19. The number of aromatic nitrogens is 2. The average Bonchev–Trinajstić information content (AvgIpc) is 3.24. The molecule has 0 fully saturated rings. The average molecular weight is 394 g/mol. The standard InChI is InChI=1S/C19H15ClF3N3O/c1-27-13-4-2-3-11(9-13)17-14-7-8-24-18(14)26(25-17)16-10-12(19(21,22)23)5-6-15(16)20/h2-6,9-10,24H,7-8H2,1H3. The van der Waals surface area contributed by atoms with Crippen LogP contribution in [0.2, 0.25) is 5.02 Å². The number of nitrogens with zero attached hydrogens (tertiary/aromatic N) is 2. The van der Waals surface area contributed by atoms with Gasteiger partial charge in [0.15, 0.2) is 0 Å². The maximum absolute atomic E-state index is 13.1. The summed E-state index contributed by atoms with van der Waals surface area (Å²) in [6, 6.07) is 10.6. The Hall–Kier alpha value is -2.67. The molecule has 27 heavy (non-hydrogen) atoms. The summed E-state index contributed by atoms with van der Waals surface area (Å²) in [7, 11) is 1.58. The zero-order chi connectivity index (χ0) is 19.2. The molecule has 1 aliphatic heterocycles. The van der Waals surface area contributed by atoms with Gasteiger partial charge in [0.2, 0.25) is 0 Å². The first-order valence-corrected chi connectivity index (χ1v) is 8.63. The van der Waals surface area contributed by atoms with Crippen LogP contribution in [0, 0.1) is 0 Å². The Bertz CT molecular complexity index is 1010. The lowest BCUT2D eigenvalue weighted by molar-refractivity contribution is -0.137. The van der Waals surface area contributed by atoms with Gasteiger partial charge in [-0.3, -0.25) is 0 Å². The second-order valence-corrected chi connectivity index (χ2v) is 6.57. The van der Waals surface area contributed by atoms with E-state index < -0.39 is 11.7 Å². The summed E-state index contributed by atoms with van der Waals surface area (Å²) in [4.78, 5) is 0. The van der Waals surface area contributed by atoms with Crippen LogP contribution < -0.4 is 10.1 Å². The van der Waals surface area contributed by atoms with Crippen LogP contribution in [0.3, 0.4) is 0 Å². The second kappa shape index (κ2) is 6.49. The molecule has 1 N–H and O–H groups in total. The highest BCUT2D eigenvalue weighted by atomic mass is 35.5. The minimum absolute atomic E-state index is 0.186. The molecule has 3 aromatic rings. The number of ether oxygens (including phenoxy) is 1. The van der Waals surface area contributed by atoms with Gasteiger partial charge in [-0.15, -0.1) is 0 Å². The molecule has 4 rings (SSSR count). The van der Waals surface area contributed by atoms with Crippen molar-refractivity contribution >= 4 is 17.4 Å². The zero-order valence-corrected chi connectivity index (χ0v) is 15.0. The fraction of sp³-hybridized carbons (Fsp3) is 0.211. The number of rotatable bonds is 3. The van der Waals surface area contributed by atoms with E-state index in [0.717, 1.165) is 29.7 Å². The van der Waals surface area contributed by atoms with Crippen molar-refractivity contribution in [2.75, 3.05) is 19.0 Å². The number of alkyl halides is 3. The summed E-state index contributed by atoms with van der Waals surface area (Å²) >= 11 is 6.21. The fourth-order valence-electron chi connectivity index (χ4n) is 3.20. The Morgan fingerprint density at radius 2 is 2.00 bits per heavy atom. The van der Waals surface area contributed by atoms with E-state index in [1.165, 1.54) is 10.7 Å². The van der Waals surface area contributed by atoms with Crippen LogP contribution in [0.4, 0.5) is 19.0 Å². The molecule has 0 amide bonds. The number of halogens is 4. The van der Waals surface area contributed by atoms with Gasteiger partial charge in [-0.25, -0.2) is 4.68 Å². The van der Waals surface area contributed by atoms with Crippen molar-refractivity contribution in [1.82, 2.24) is 9.78 Å². The van der Waals surface area contributed by atoms with Crippen LogP contribution in [0.15, 0.2) is 42.5 Å². The summed E-state index contributed by atoms with van der Waals surface area (Å²) in [6.45, 7) is 0.681. The Labute approximate surface area is 158 Å². The van der Waals surface area contributed by atoms with E-state index in [-0.39, 0.29) is 10.7 Å². The van der Waals surface area contributed by atoms with Gasteiger partial charge in [0.1, 0.15) is 11.6 Å². The SMILES string of the molecule is COc1cccc(-c2nn(-c3cc(C(F)(F)F)ccc3Cl)c3c2CCN3)c1. The maximum Gasteiger partial charge on any atom is 0.416 e. The van der Waals surface area contributed by atoms with Crippen molar-refractivity contribution in [3.05, 3.63) is 58.6 Å². The molecule has 8 heteroatoms. The number of nitrogens with one attached hydrogen (secondary N) is 1. The molecule has 2 aromatic carbocycles. The third-order valence-electron chi connectivity index (χ3n) is 4.50. The molecule has 140 valence electrons. The van der Waals surface area contributed by atoms with E-state index in [0.29, 0.717) is 23.8 Å². The van der Waals surface area contributed by atoms with Crippen molar-refractivity contribution in [1.29, 1.82) is 0 Å². The first kappa shape index (κ1) is 17.7. The monoisotopic (exact) mass is 393 g/mol. The smallest absolute Gasteiger partial charge is 0.416 e. The summed E-state index contributed by atoms with van der Waals surface area (Å²) in [6.07, 6.45) is -3.74. The van der Waals surface area contributed by atoms with Crippen LogP contribution in [-0.4, -0.2) is 23.4 Å². The van der Waals surface area contributed by atoms with E-state index in [1.807, 2.05) is 24.3 Å². The first-order valence-electron chi connectivity index (χ1n) is 8.26. The molecule has 0 unspecified atom stereocenters. The van der Waals surface area contributed by atoms with Crippen LogP contribution in [0.1, 0.15) is 11.1 Å². The van der Waals surface area contributed by atoms with Gasteiger partial charge < -0.3 is 10.1 Å². The molecular formula is C19H15ClF3N3O. The van der Waals surface area contributed by atoms with Crippen LogP contribution in [0.25, 0.3) is 16.9 Å². The van der Waals surface area contributed by atoms with Gasteiger partial charge in [-0.1, -0.05) is 23.7 Å². The van der Waals surface area contributed by atoms with E-state index >= 15 is 0 Å². The fourth-order valence-corrected chi connectivity index (χ4v) is 3.40. The summed E-state index contributed by atoms with van der Waals surface area (Å²) in [5.41, 5.74) is 1.88. The molecule has 0 saturated carbocycles. The van der Waals surface area contributed by atoms with Crippen LogP contribution in [0.5, 0.6) is 5.75 Å². The highest BCUT2D eigenvalue weighted by molar-refractivity contribution is 6.32. The number of benzene rings is 2. The lowest BCUT2D eigenvalue weighted by Crippen LogP contribution is -2.09. The third-order valence-corrected chi connectivity index (χ3v) is 4.82. The predicted molar refractivity (Wildman–Crippen MR) is 97.8 cm³/mol. The summed E-state index contributed by atoms with van der Waals surface area (Å²) in [5, 5.41) is 7.97. The van der Waals surface area contributed by atoms with E-state index in [4.69, 9.17) is 16.3 Å². The third kappa shape index (κ3) is 3.12. The van der Waals surface area contributed by atoms with Gasteiger partial charge in [-0.2, -0.15) is 18.3 Å². The second-order valence-electron chi connectivity index (χ2n) is 6.16. The molecule has 1 aliphatic rings. The largest absolute Gasteiger partial charge is 0.497 e. The topological polar surface area (TPSA) is 39.1 Å². The molecule has 0 saturated heterocycles. The number of hydrogen-bond donors (Lipinski definition) is 1. The summed E-state index contributed by atoms with van der Waals surface area (Å²) < 4.78 is 46.1. The molecule has 0 spiro atoms. The Balaban J connectivity index is 1.89. The number of anilines is 1. The van der Waals surface area contributed by atoms with Crippen molar-refractivity contribution < 1.29 is 17.9 Å². The molecule has 0 atom stereocenters. The van der Waals surface area contributed by atoms with Gasteiger partial charge in [-0.05, 0) is 36.8 Å². The van der Waals surface area contributed by atoms with Crippen LogP contribution in [-0.2, 0) is 12.6 Å². The molecule has 2 heterocycles. The number of hydrogen-bond acceptors (Lipinski definition) is 3. The molecule has 0 bridgehead atoms. The minimum Gasteiger partial charge on any atom is -0.497 e. The van der Waals surface area contributed by atoms with Crippen molar-refractivity contribution in [3.8, 4) is 22.7 Å². The Morgan fingerprint density at radius 3 is 2.74 bits per heavy atom. The quantitative estimate of drug-likeness (QED) is 0.665.